The minimum absolute atomic E-state index is 0.361. The van der Waals surface area contributed by atoms with Crippen LogP contribution in [0.2, 0.25) is 0 Å². The highest BCUT2D eigenvalue weighted by Gasteiger charge is 2.00. The molecule has 0 fully saturated rings. The highest BCUT2D eigenvalue weighted by Crippen LogP contribution is 2.23. The van der Waals surface area contributed by atoms with Crippen LogP contribution < -0.4 is 15.2 Å². The minimum Gasteiger partial charge on any atom is -0.494 e. The van der Waals surface area contributed by atoms with Gasteiger partial charge in [0, 0.05) is 6.07 Å². The molecule has 17 heavy (non-hydrogen) atoms. The lowest BCUT2D eigenvalue weighted by molar-refractivity contribution is 0.338. The molecule has 0 spiro atoms. The summed E-state index contributed by atoms with van der Waals surface area (Å²) in [6.45, 7) is 2.55. The monoisotopic (exact) mass is 231 g/mol. The number of nitrogens with zero attached hydrogens (tertiary/aromatic N) is 2. The SMILES string of the molecule is CCOc1cccc(Oc2cnc(N)cn2)c1. The summed E-state index contributed by atoms with van der Waals surface area (Å²) in [6.07, 6.45) is 2.92. The van der Waals surface area contributed by atoms with Gasteiger partial charge in [0.25, 0.3) is 0 Å². The Balaban J connectivity index is 2.12. The molecule has 5 heteroatoms. The zero-order valence-corrected chi connectivity index (χ0v) is 9.46. The molecule has 0 bridgehead atoms. The van der Waals surface area contributed by atoms with Crippen molar-refractivity contribution in [2.75, 3.05) is 12.3 Å². The van der Waals surface area contributed by atoms with Crippen molar-refractivity contribution >= 4 is 5.82 Å². The van der Waals surface area contributed by atoms with Crippen molar-refractivity contribution in [1.29, 1.82) is 0 Å². The van der Waals surface area contributed by atoms with E-state index in [4.69, 9.17) is 15.2 Å². The lowest BCUT2D eigenvalue weighted by Gasteiger charge is -2.07. The maximum absolute atomic E-state index is 5.51. The Kier molecular flexibility index (Phi) is 3.40. The van der Waals surface area contributed by atoms with E-state index in [9.17, 15) is 0 Å². The number of hydrogen-bond donors (Lipinski definition) is 1. The fourth-order valence-corrected chi connectivity index (χ4v) is 1.29. The third-order valence-corrected chi connectivity index (χ3v) is 1.99. The quantitative estimate of drug-likeness (QED) is 0.873. The van der Waals surface area contributed by atoms with Crippen LogP contribution in [0.1, 0.15) is 6.92 Å². The Morgan fingerprint density at radius 1 is 1.18 bits per heavy atom. The molecule has 0 aliphatic carbocycles. The smallest absolute Gasteiger partial charge is 0.237 e. The molecule has 2 aromatic rings. The molecule has 2 N–H and O–H groups in total. The number of rotatable bonds is 4. The van der Waals surface area contributed by atoms with Gasteiger partial charge in [0.15, 0.2) is 0 Å². The first-order valence-corrected chi connectivity index (χ1v) is 5.26. The standard InChI is InChI=1S/C12H13N3O2/c1-2-16-9-4-3-5-10(6-9)17-12-8-14-11(13)7-15-12/h3-8H,2H2,1H3,(H2,13,14). The number of nitrogen functional groups attached to an aromatic ring is 1. The summed E-state index contributed by atoms with van der Waals surface area (Å²) in [6, 6.07) is 7.33. The van der Waals surface area contributed by atoms with Gasteiger partial charge >= 0.3 is 0 Å². The van der Waals surface area contributed by atoms with E-state index in [0.717, 1.165) is 5.75 Å². The molecular formula is C12H13N3O2. The third kappa shape index (κ3) is 3.07. The molecule has 5 nitrogen and oxygen atoms in total. The highest BCUT2D eigenvalue weighted by molar-refractivity contribution is 5.35. The Labute approximate surface area is 99.2 Å². The van der Waals surface area contributed by atoms with Gasteiger partial charge in [-0.3, -0.25) is 0 Å². The average Bonchev–Trinajstić information content (AvgIpc) is 2.33. The summed E-state index contributed by atoms with van der Waals surface area (Å²) in [5.41, 5.74) is 5.43. The molecule has 88 valence electrons. The van der Waals surface area contributed by atoms with Crippen LogP contribution in [-0.4, -0.2) is 16.6 Å². The van der Waals surface area contributed by atoms with Gasteiger partial charge in [0.2, 0.25) is 5.88 Å². The molecule has 1 heterocycles. The molecule has 0 radical (unpaired) electrons. The van der Waals surface area contributed by atoms with E-state index in [1.54, 1.807) is 6.07 Å². The summed E-state index contributed by atoms with van der Waals surface area (Å²) in [5.74, 6) is 2.16. The molecule has 1 aromatic carbocycles. The summed E-state index contributed by atoms with van der Waals surface area (Å²) in [5, 5.41) is 0. The van der Waals surface area contributed by atoms with Crippen LogP contribution in [0.3, 0.4) is 0 Å². The summed E-state index contributed by atoms with van der Waals surface area (Å²) < 4.78 is 10.9. The predicted octanol–water partition coefficient (Wildman–Crippen LogP) is 2.25. The minimum atomic E-state index is 0.361. The topological polar surface area (TPSA) is 70.3 Å². The number of hydrogen-bond acceptors (Lipinski definition) is 5. The zero-order valence-electron chi connectivity index (χ0n) is 9.46. The average molecular weight is 231 g/mol. The van der Waals surface area contributed by atoms with Crippen molar-refractivity contribution in [2.24, 2.45) is 0 Å². The van der Waals surface area contributed by atoms with Crippen molar-refractivity contribution in [1.82, 2.24) is 9.97 Å². The molecular weight excluding hydrogens is 218 g/mol. The Bertz CT molecular complexity index is 485. The van der Waals surface area contributed by atoms with E-state index in [1.165, 1.54) is 12.4 Å². The fourth-order valence-electron chi connectivity index (χ4n) is 1.29. The lowest BCUT2D eigenvalue weighted by atomic mass is 10.3. The van der Waals surface area contributed by atoms with Crippen molar-refractivity contribution in [3.05, 3.63) is 36.7 Å². The normalized spacial score (nSPS) is 9.94. The van der Waals surface area contributed by atoms with Gasteiger partial charge in [0.1, 0.15) is 17.3 Å². The van der Waals surface area contributed by atoms with Crippen molar-refractivity contribution < 1.29 is 9.47 Å². The van der Waals surface area contributed by atoms with Gasteiger partial charge in [-0.2, -0.15) is 0 Å². The van der Waals surface area contributed by atoms with Crippen molar-refractivity contribution in [3.8, 4) is 17.4 Å². The molecule has 1 aromatic heterocycles. The van der Waals surface area contributed by atoms with E-state index in [-0.39, 0.29) is 0 Å². The molecule has 0 saturated carbocycles. The van der Waals surface area contributed by atoms with Crippen LogP contribution in [-0.2, 0) is 0 Å². The van der Waals surface area contributed by atoms with Crippen LogP contribution in [0.4, 0.5) is 5.82 Å². The second-order valence-corrected chi connectivity index (χ2v) is 3.29. The van der Waals surface area contributed by atoms with E-state index >= 15 is 0 Å². The third-order valence-electron chi connectivity index (χ3n) is 1.99. The fraction of sp³-hybridized carbons (Fsp3) is 0.167. The predicted molar refractivity (Wildman–Crippen MR) is 64.1 cm³/mol. The number of ether oxygens (including phenoxy) is 2. The van der Waals surface area contributed by atoms with Crippen LogP contribution in [0.15, 0.2) is 36.7 Å². The maximum atomic E-state index is 5.51. The lowest BCUT2D eigenvalue weighted by Crippen LogP contribution is -1.94. The molecule has 0 unspecified atom stereocenters. The summed E-state index contributed by atoms with van der Waals surface area (Å²) in [7, 11) is 0. The van der Waals surface area contributed by atoms with Crippen LogP contribution >= 0.6 is 0 Å². The Morgan fingerprint density at radius 3 is 2.71 bits per heavy atom. The first kappa shape index (κ1) is 11.2. The molecule has 0 amide bonds. The second kappa shape index (κ2) is 5.16. The molecule has 0 aliphatic heterocycles. The summed E-state index contributed by atoms with van der Waals surface area (Å²) >= 11 is 0. The molecule has 0 atom stereocenters. The number of nitrogens with two attached hydrogens (primary N) is 1. The van der Waals surface area contributed by atoms with Gasteiger partial charge in [-0.05, 0) is 19.1 Å². The molecule has 0 aliphatic rings. The zero-order chi connectivity index (χ0) is 12.1. The largest absolute Gasteiger partial charge is 0.494 e. The highest BCUT2D eigenvalue weighted by atomic mass is 16.5. The van der Waals surface area contributed by atoms with E-state index in [2.05, 4.69) is 9.97 Å². The molecule has 2 rings (SSSR count). The van der Waals surface area contributed by atoms with E-state index in [1.807, 2.05) is 25.1 Å². The van der Waals surface area contributed by atoms with Gasteiger partial charge in [-0.25, -0.2) is 9.97 Å². The van der Waals surface area contributed by atoms with Crippen LogP contribution in [0.25, 0.3) is 0 Å². The van der Waals surface area contributed by atoms with E-state index < -0.39 is 0 Å². The van der Waals surface area contributed by atoms with Gasteiger partial charge in [0.05, 0.1) is 19.0 Å². The maximum Gasteiger partial charge on any atom is 0.237 e. The van der Waals surface area contributed by atoms with Gasteiger partial charge in [-0.1, -0.05) is 6.07 Å². The first-order valence-electron chi connectivity index (χ1n) is 5.26. The van der Waals surface area contributed by atoms with Crippen molar-refractivity contribution in [3.63, 3.8) is 0 Å². The number of aromatic nitrogens is 2. The number of anilines is 1. The van der Waals surface area contributed by atoms with Gasteiger partial charge in [-0.15, -0.1) is 0 Å². The van der Waals surface area contributed by atoms with Crippen LogP contribution in [0.5, 0.6) is 17.4 Å². The van der Waals surface area contributed by atoms with Gasteiger partial charge < -0.3 is 15.2 Å². The number of benzene rings is 1. The van der Waals surface area contributed by atoms with E-state index in [0.29, 0.717) is 24.1 Å². The first-order chi connectivity index (χ1) is 8.28. The van der Waals surface area contributed by atoms with Crippen LogP contribution in [0, 0.1) is 0 Å². The Morgan fingerprint density at radius 2 is 2.00 bits per heavy atom. The summed E-state index contributed by atoms with van der Waals surface area (Å²) in [4.78, 5) is 7.89. The second-order valence-electron chi connectivity index (χ2n) is 3.29. The Hall–Kier alpha value is -2.30. The van der Waals surface area contributed by atoms with Crippen molar-refractivity contribution in [2.45, 2.75) is 6.92 Å². The molecule has 0 saturated heterocycles.